The molecule has 1 aliphatic rings. The quantitative estimate of drug-likeness (QED) is 0.750. The first-order valence-corrected chi connectivity index (χ1v) is 8.20. The van der Waals surface area contributed by atoms with Crippen LogP contribution in [-0.2, 0) is 6.54 Å². The number of nitriles is 1. The molecule has 0 amide bonds. The summed E-state index contributed by atoms with van der Waals surface area (Å²) in [7, 11) is 0. The number of likely N-dealkylation sites (tertiary alicyclic amines) is 1. The van der Waals surface area contributed by atoms with Crippen molar-refractivity contribution in [3.05, 3.63) is 29.8 Å². The van der Waals surface area contributed by atoms with Gasteiger partial charge >= 0.3 is 0 Å². The van der Waals surface area contributed by atoms with Crippen molar-refractivity contribution in [2.24, 2.45) is 0 Å². The molecule has 0 spiro atoms. The van der Waals surface area contributed by atoms with Crippen LogP contribution in [0.15, 0.2) is 24.3 Å². The highest BCUT2D eigenvalue weighted by Gasteiger charge is 2.25. The zero-order valence-corrected chi connectivity index (χ0v) is 13.4. The van der Waals surface area contributed by atoms with E-state index in [4.69, 9.17) is 10.00 Å². The highest BCUT2D eigenvalue weighted by atomic mass is 16.5. The first kappa shape index (κ1) is 16.8. The number of ether oxygens (including phenoxy) is 1. The molecule has 1 aromatic carbocycles. The van der Waals surface area contributed by atoms with Gasteiger partial charge in [-0.05, 0) is 56.8 Å². The fraction of sp³-hybridized carbons (Fsp3) is 0.611. The van der Waals surface area contributed by atoms with E-state index in [0.29, 0.717) is 19.1 Å². The van der Waals surface area contributed by atoms with Crippen molar-refractivity contribution in [1.29, 1.82) is 5.26 Å². The number of rotatable bonds is 8. The van der Waals surface area contributed by atoms with Crippen molar-refractivity contribution >= 4 is 0 Å². The molecular weight excluding hydrogens is 276 g/mol. The van der Waals surface area contributed by atoms with Gasteiger partial charge in [0.1, 0.15) is 5.75 Å². The van der Waals surface area contributed by atoms with Gasteiger partial charge in [-0.2, -0.15) is 5.26 Å². The molecule has 1 heterocycles. The summed E-state index contributed by atoms with van der Waals surface area (Å²) in [5.74, 6) is 0.877. The lowest BCUT2D eigenvalue weighted by Gasteiger charge is -2.25. The molecule has 0 saturated carbocycles. The Kier molecular flexibility index (Phi) is 6.70. The van der Waals surface area contributed by atoms with Crippen molar-refractivity contribution in [3.8, 4) is 11.8 Å². The third kappa shape index (κ3) is 5.32. The van der Waals surface area contributed by atoms with E-state index in [2.05, 4.69) is 23.1 Å². The van der Waals surface area contributed by atoms with Crippen LogP contribution in [0, 0.1) is 11.3 Å². The minimum Gasteiger partial charge on any atom is -0.494 e. The maximum Gasteiger partial charge on any atom is 0.119 e. The Labute approximate surface area is 133 Å². The Morgan fingerprint density at radius 1 is 1.50 bits per heavy atom. The Morgan fingerprint density at radius 2 is 2.36 bits per heavy atom. The maximum absolute atomic E-state index is 9.61. The Bertz CT molecular complexity index is 496. The van der Waals surface area contributed by atoms with Gasteiger partial charge in [-0.15, -0.1) is 0 Å². The molecule has 1 aromatic rings. The molecule has 1 aliphatic heterocycles. The van der Waals surface area contributed by atoms with Crippen LogP contribution in [0.5, 0.6) is 5.75 Å². The molecule has 120 valence electrons. The van der Waals surface area contributed by atoms with E-state index in [1.165, 1.54) is 18.4 Å². The van der Waals surface area contributed by atoms with Gasteiger partial charge in [0.15, 0.2) is 0 Å². The number of aliphatic hydroxyl groups is 1. The number of aliphatic hydroxyl groups excluding tert-OH is 1. The van der Waals surface area contributed by atoms with E-state index in [1.54, 1.807) is 0 Å². The second-order valence-corrected chi connectivity index (χ2v) is 6.11. The van der Waals surface area contributed by atoms with Gasteiger partial charge in [-0.25, -0.2) is 0 Å². The number of hydrogen-bond acceptors (Lipinski definition) is 4. The molecule has 1 saturated heterocycles. The van der Waals surface area contributed by atoms with Gasteiger partial charge < -0.3 is 9.84 Å². The summed E-state index contributed by atoms with van der Waals surface area (Å²) in [6, 6.07) is 10.8. The SMILES string of the molecule is CC(O)CC1CCCN1Cc1cccc(OCCCC#N)c1. The highest BCUT2D eigenvalue weighted by Crippen LogP contribution is 2.24. The van der Waals surface area contributed by atoms with Crippen LogP contribution in [0.25, 0.3) is 0 Å². The molecular formula is C18H26N2O2. The number of hydrogen-bond donors (Lipinski definition) is 1. The zero-order valence-electron chi connectivity index (χ0n) is 13.4. The molecule has 0 radical (unpaired) electrons. The van der Waals surface area contributed by atoms with E-state index < -0.39 is 0 Å². The average molecular weight is 302 g/mol. The van der Waals surface area contributed by atoms with Crippen molar-refractivity contribution in [2.75, 3.05) is 13.2 Å². The lowest BCUT2D eigenvalue weighted by molar-refractivity contribution is 0.130. The van der Waals surface area contributed by atoms with Crippen LogP contribution in [0.4, 0.5) is 0 Å². The van der Waals surface area contributed by atoms with Crippen LogP contribution in [0.3, 0.4) is 0 Å². The van der Waals surface area contributed by atoms with Gasteiger partial charge in [-0.3, -0.25) is 4.90 Å². The lowest BCUT2D eigenvalue weighted by Crippen LogP contribution is -2.31. The summed E-state index contributed by atoms with van der Waals surface area (Å²) in [5, 5.41) is 18.1. The minimum absolute atomic E-state index is 0.236. The maximum atomic E-state index is 9.61. The fourth-order valence-electron chi connectivity index (χ4n) is 3.07. The van der Waals surface area contributed by atoms with E-state index >= 15 is 0 Å². The molecule has 0 bridgehead atoms. The summed E-state index contributed by atoms with van der Waals surface area (Å²) >= 11 is 0. The van der Waals surface area contributed by atoms with Crippen molar-refractivity contribution in [2.45, 2.75) is 57.7 Å². The van der Waals surface area contributed by atoms with Crippen molar-refractivity contribution in [1.82, 2.24) is 4.90 Å². The molecule has 2 atom stereocenters. The van der Waals surface area contributed by atoms with Gasteiger partial charge in [0.05, 0.1) is 18.8 Å². The molecule has 1 N–H and O–H groups in total. The third-order valence-electron chi connectivity index (χ3n) is 4.10. The van der Waals surface area contributed by atoms with Gasteiger partial charge in [0.25, 0.3) is 0 Å². The average Bonchev–Trinajstić information content (AvgIpc) is 2.90. The summed E-state index contributed by atoms with van der Waals surface area (Å²) in [6.45, 7) is 4.47. The molecule has 0 aromatic heterocycles. The molecule has 1 fully saturated rings. The predicted octanol–water partition coefficient (Wildman–Crippen LogP) is 3.10. The van der Waals surface area contributed by atoms with Crippen LogP contribution < -0.4 is 4.74 Å². The molecule has 4 nitrogen and oxygen atoms in total. The first-order chi connectivity index (χ1) is 10.7. The molecule has 0 aliphatic carbocycles. The van der Waals surface area contributed by atoms with E-state index in [0.717, 1.165) is 31.7 Å². The summed E-state index contributed by atoms with van der Waals surface area (Å²) in [4.78, 5) is 2.46. The molecule has 22 heavy (non-hydrogen) atoms. The second-order valence-electron chi connectivity index (χ2n) is 6.11. The zero-order chi connectivity index (χ0) is 15.8. The van der Waals surface area contributed by atoms with Crippen LogP contribution in [0.1, 0.15) is 44.6 Å². The first-order valence-electron chi connectivity index (χ1n) is 8.20. The predicted molar refractivity (Wildman–Crippen MR) is 86.5 cm³/mol. The van der Waals surface area contributed by atoms with Crippen LogP contribution >= 0.6 is 0 Å². The Hall–Kier alpha value is -1.57. The normalized spacial score (nSPS) is 19.8. The standard InChI is InChI=1S/C18H26N2O2/c1-15(21)12-17-7-5-10-20(17)14-16-6-4-8-18(13-16)22-11-3-2-9-19/h4,6,8,13,15,17,21H,2-3,5,7,10-12,14H2,1H3. The van der Waals surface area contributed by atoms with Crippen molar-refractivity contribution < 1.29 is 9.84 Å². The number of unbranched alkanes of at least 4 members (excludes halogenated alkanes) is 1. The Balaban J connectivity index is 1.88. The van der Waals surface area contributed by atoms with Crippen LogP contribution in [-0.4, -0.2) is 35.3 Å². The van der Waals surface area contributed by atoms with E-state index in [9.17, 15) is 5.11 Å². The smallest absolute Gasteiger partial charge is 0.119 e. The monoisotopic (exact) mass is 302 g/mol. The summed E-state index contributed by atoms with van der Waals surface area (Å²) in [5.41, 5.74) is 1.25. The van der Waals surface area contributed by atoms with Gasteiger partial charge in [-0.1, -0.05) is 12.1 Å². The van der Waals surface area contributed by atoms with Crippen LogP contribution in [0.2, 0.25) is 0 Å². The second kappa shape index (κ2) is 8.77. The number of nitrogens with zero attached hydrogens (tertiary/aromatic N) is 2. The molecule has 2 rings (SSSR count). The lowest BCUT2D eigenvalue weighted by atomic mass is 10.1. The minimum atomic E-state index is -0.236. The van der Waals surface area contributed by atoms with Crippen molar-refractivity contribution in [3.63, 3.8) is 0 Å². The van der Waals surface area contributed by atoms with E-state index in [-0.39, 0.29) is 6.10 Å². The largest absolute Gasteiger partial charge is 0.494 e. The summed E-state index contributed by atoms with van der Waals surface area (Å²) < 4.78 is 5.69. The topological polar surface area (TPSA) is 56.5 Å². The molecule has 2 unspecified atom stereocenters. The van der Waals surface area contributed by atoms with Gasteiger partial charge in [0.2, 0.25) is 0 Å². The van der Waals surface area contributed by atoms with E-state index in [1.807, 2.05) is 19.1 Å². The molecule has 4 heteroatoms. The third-order valence-corrected chi connectivity index (χ3v) is 4.10. The highest BCUT2D eigenvalue weighted by molar-refractivity contribution is 5.28. The summed E-state index contributed by atoms with van der Waals surface area (Å²) in [6.07, 6.45) is 4.31. The van der Waals surface area contributed by atoms with Gasteiger partial charge in [0, 0.05) is 19.0 Å². The number of benzene rings is 1. The fourth-order valence-corrected chi connectivity index (χ4v) is 3.07. The Morgan fingerprint density at radius 3 is 3.14 bits per heavy atom.